The minimum atomic E-state index is -0.0364. The van der Waals surface area contributed by atoms with Crippen LogP contribution in [0.4, 0.5) is 5.69 Å². The number of furan rings is 1. The Labute approximate surface area is 185 Å². The van der Waals surface area contributed by atoms with Gasteiger partial charge in [-0.05, 0) is 55.8 Å². The first-order chi connectivity index (χ1) is 15.1. The van der Waals surface area contributed by atoms with Gasteiger partial charge in [-0.2, -0.15) is 0 Å². The molecule has 3 N–H and O–H groups in total. The molecule has 0 aliphatic carbocycles. The zero-order chi connectivity index (χ0) is 22.1. The average Bonchev–Trinajstić information content (AvgIpc) is 3.32. The lowest BCUT2D eigenvalue weighted by Gasteiger charge is -2.33. The van der Waals surface area contributed by atoms with Crippen LogP contribution in [0.25, 0.3) is 0 Å². The number of rotatable bonds is 8. The predicted octanol–water partition coefficient (Wildman–Crippen LogP) is 3.77. The van der Waals surface area contributed by atoms with Gasteiger partial charge < -0.3 is 20.4 Å². The normalized spacial score (nSPS) is 16.2. The molecule has 0 radical (unpaired) electrons. The van der Waals surface area contributed by atoms with Gasteiger partial charge in [-0.3, -0.25) is 14.7 Å². The number of amides is 1. The van der Waals surface area contributed by atoms with E-state index in [9.17, 15) is 4.79 Å². The molecule has 31 heavy (non-hydrogen) atoms. The molecule has 1 aliphatic rings. The van der Waals surface area contributed by atoms with Crippen LogP contribution in [0.1, 0.15) is 50.5 Å². The van der Waals surface area contributed by atoms with Gasteiger partial charge in [-0.25, -0.2) is 0 Å². The first-order valence-electron chi connectivity index (χ1n) is 11.2. The number of nitrogens with one attached hydrogen (secondary N) is 3. The molecule has 7 nitrogen and oxygen atoms in total. The van der Waals surface area contributed by atoms with Crippen molar-refractivity contribution in [3.8, 4) is 0 Å². The molecule has 1 saturated heterocycles. The summed E-state index contributed by atoms with van der Waals surface area (Å²) in [7, 11) is 1.78. The van der Waals surface area contributed by atoms with Crippen LogP contribution in [-0.2, 0) is 11.3 Å². The molecule has 1 aromatic carbocycles. The lowest BCUT2D eigenvalue weighted by Crippen LogP contribution is -2.44. The van der Waals surface area contributed by atoms with Crippen molar-refractivity contribution in [2.24, 2.45) is 10.9 Å². The second-order valence-corrected chi connectivity index (χ2v) is 8.28. The highest BCUT2D eigenvalue weighted by Crippen LogP contribution is 2.24. The fraction of sp³-hybridized carbons (Fsp3) is 0.500. The summed E-state index contributed by atoms with van der Waals surface area (Å²) in [5, 5.41) is 9.74. The highest BCUT2D eigenvalue weighted by molar-refractivity contribution is 5.92. The van der Waals surface area contributed by atoms with Gasteiger partial charge in [0.1, 0.15) is 5.76 Å². The van der Waals surface area contributed by atoms with Gasteiger partial charge in [-0.1, -0.05) is 32.4 Å². The summed E-state index contributed by atoms with van der Waals surface area (Å²) in [5.41, 5.74) is 1.93. The molecule has 1 atom stereocenters. The summed E-state index contributed by atoms with van der Waals surface area (Å²) in [6.07, 6.45) is 5.51. The Morgan fingerprint density at radius 2 is 1.84 bits per heavy atom. The Bertz CT molecular complexity index is 824. The summed E-state index contributed by atoms with van der Waals surface area (Å²) in [6, 6.07) is 12.1. The Balaban J connectivity index is 1.52. The minimum Gasteiger partial charge on any atom is -0.468 e. The maximum atomic E-state index is 11.8. The molecular weight excluding hydrogens is 390 g/mol. The van der Waals surface area contributed by atoms with Crippen LogP contribution >= 0.6 is 0 Å². The van der Waals surface area contributed by atoms with Gasteiger partial charge in [0, 0.05) is 31.7 Å². The second-order valence-electron chi connectivity index (χ2n) is 8.28. The van der Waals surface area contributed by atoms with Crippen LogP contribution in [0.2, 0.25) is 0 Å². The van der Waals surface area contributed by atoms with Crippen LogP contribution in [0.3, 0.4) is 0 Å². The van der Waals surface area contributed by atoms with Crippen molar-refractivity contribution < 1.29 is 9.21 Å². The maximum Gasteiger partial charge on any atom is 0.226 e. The molecule has 0 spiro atoms. The summed E-state index contributed by atoms with van der Waals surface area (Å²) >= 11 is 0. The lowest BCUT2D eigenvalue weighted by atomic mass is 10.1. The number of guanidine groups is 1. The van der Waals surface area contributed by atoms with E-state index in [0.29, 0.717) is 6.54 Å². The van der Waals surface area contributed by atoms with Crippen LogP contribution in [0.5, 0.6) is 0 Å². The van der Waals surface area contributed by atoms with E-state index < -0.39 is 0 Å². The standard InChI is InChI=1S/C24H35N5O2/c1-18(2)23(30)28-20-11-9-19(10-12-20)16-26-24(25-3)27-17-21(22-8-7-15-31-22)29-13-5-4-6-14-29/h7-12,15,18,21H,4-6,13-14,16-17H2,1-3H3,(H,28,30)(H2,25,26,27). The van der Waals surface area contributed by atoms with Crippen molar-refractivity contribution in [1.29, 1.82) is 0 Å². The van der Waals surface area contributed by atoms with Crippen molar-refractivity contribution in [3.63, 3.8) is 0 Å². The SMILES string of the molecule is CN=C(NCc1ccc(NC(=O)C(C)C)cc1)NCC(c1ccco1)N1CCCCC1. The van der Waals surface area contributed by atoms with Gasteiger partial charge >= 0.3 is 0 Å². The highest BCUT2D eigenvalue weighted by atomic mass is 16.3. The molecule has 1 amide bonds. The van der Waals surface area contributed by atoms with E-state index in [1.54, 1.807) is 13.3 Å². The second kappa shape index (κ2) is 11.6. The molecule has 0 saturated carbocycles. The zero-order valence-corrected chi connectivity index (χ0v) is 18.9. The molecule has 1 unspecified atom stereocenters. The van der Waals surface area contributed by atoms with Crippen molar-refractivity contribution >= 4 is 17.6 Å². The predicted molar refractivity (Wildman–Crippen MR) is 125 cm³/mol. The Kier molecular flexibility index (Phi) is 8.53. The Morgan fingerprint density at radius 3 is 2.45 bits per heavy atom. The third-order valence-electron chi connectivity index (χ3n) is 5.60. The van der Waals surface area contributed by atoms with E-state index in [1.807, 2.05) is 44.2 Å². The average molecular weight is 426 g/mol. The van der Waals surface area contributed by atoms with Gasteiger partial charge in [0.25, 0.3) is 0 Å². The van der Waals surface area contributed by atoms with Crippen molar-refractivity contribution in [2.45, 2.75) is 45.7 Å². The van der Waals surface area contributed by atoms with Gasteiger partial charge in [-0.15, -0.1) is 0 Å². The number of aliphatic imine (C=N–C) groups is 1. The van der Waals surface area contributed by atoms with Gasteiger partial charge in [0.2, 0.25) is 5.91 Å². The summed E-state index contributed by atoms with van der Waals surface area (Å²) in [4.78, 5) is 18.7. The number of nitrogens with zero attached hydrogens (tertiary/aromatic N) is 2. The van der Waals surface area contributed by atoms with Crippen LogP contribution < -0.4 is 16.0 Å². The third kappa shape index (κ3) is 6.85. The van der Waals surface area contributed by atoms with E-state index >= 15 is 0 Å². The van der Waals surface area contributed by atoms with E-state index in [1.165, 1.54) is 19.3 Å². The van der Waals surface area contributed by atoms with Crippen molar-refractivity contribution in [2.75, 3.05) is 32.0 Å². The number of piperidine rings is 1. The van der Waals surface area contributed by atoms with Crippen molar-refractivity contribution in [1.82, 2.24) is 15.5 Å². The van der Waals surface area contributed by atoms with E-state index in [2.05, 4.69) is 31.9 Å². The maximum absolute atomic E-state index is 11.8. The largest absolute Gasteiger partial charge is 0.468 e. The molecule has 2 heterocycles. The number of hydrogen-bond donors (Lipinski definition) is 3. The summed E-state index contributed by atoms with van der Waals surface area (Å²) in [6.45, 7) is 7.33. The topological polar surface area (TPSA) is 81.9 Å². The van der Waals surface area contributed by atoms with Gasteiger partial charge in [0.05, 0.1) is 12.3 Å². The molecule has 1 aromatic heterocycles. The number of carbonyl (C=O) groups excluding carboxylic acids is 1. The van der Waals surface area contributed by atoms with Crippen LogP contribution in [0, 0.1) is 5.92 Å². The van der Waals surface area contributed by atoms with Crippen LogP contribution in [-0.4, -0.2) is 43.4 Å². The third-order valence-corrected chi connectivity index (χ3v) is 5.60. The number of carbonyl (C=O) groups is 1. The number of anilines is 1. The van der Waals surface area contributed by atoms with E-state index in [-0.39, 0.29) is 17.9 Å². The van der Waals surface area contributed by atoms with Gasteiger partial charge in [0.15, 0.2) is 5.96 Å². The first kappa shape index (κ1) is 22.9. The number of benzene rings is 1. The minimum absolute atomic E-state index is 0.0234. The Hall–Kier alpha value is -2.80. The Morgan fingerprint density at radius 1 is 1.10 bits per heavy atom. The fourth-order valence-electron chi connectivity index (χ4n) is 3.71. The molecule has 7 heteroatoms. The molecule has 168 valence electrons. The monoisotopic (exact) mass is 425 g/mol. The summed E-state index contributed by atoms with van der Waals surface area (Å²) in [5.74, 6) is 1.73. The quantitative estimate of drug-likeness (QED) is 0.443. The molecule has 1 aliphatic heterocycles. The first-order valence-corrected chi connectivity index (χ1v) is 11.2. The summed E-state index contributed by atoms with van der Waals surface area (Å²) < 4.78 is 5.73. The molecule has 3 rings (SSSR count). The van der Waals surface area contributed by atoms with Crippen LogP contribution in [0.15, 0.2) is 52.1 Å². The molecular formula is C24H35N5O2. The molecule has 2 aromatic rings. The molecule has 1 fully saturated rings. The van der Waals surface area contributed by atoms with Crippen molar-refractivity contribution in [3.05, 3.63) is 54.0 Å². The highest BCUT2D eigenvalue weighted by Gasteiger charge is 2.24. The molecule has 0 bridgehead atoms. The fourth-order valence-corrected chi connectivity index (χ4v) is 3.71. The lowest BCUT2D eigenvalue weighted by molar-refractivity contribution is -0.118. The number of hydrogen-bond acceptors (Lipinski definition) is 4. The zero-order valence-electron chi connectivity index (χ0n) is 18.9. The smallest absolute Gasteiger partial charge is 0.226 e. The van der Waals surface area contributed by atoms with E-state index in [0.717, 1.165) is 42.6 Å². The number of likely N-dealkylation sites (tertiary alicyclic amines) is 1. The van der Waals surface area contributed by atoms with E-state index in [4.69, 9.17) is 4.42 Å².